The largest absolute Gasteiger partial charge is 0.462 e. The second-order valence-electron chi connectivity index (χ2n) is 4.49. The highest BCUT2D eigenvalue weighted by atomic mass is 32.1. The van der Waals surface area contributed by atoms with Gasteiger partial charge in [-0.25, -0.2) is 9.18 Å². The van der Waals surface area contributed by atoms with Crippen LogP contribution in [0.15, 0.2) is 24.3 Å². The first-order valence-electron chi connectivity index (χ1n) is 6.27. The summed E-state index contributed by atoms with van der Waals surface area (Å²) in [4.78, 5) is 13.4. The standard InChI is InChI=1S/C15H13FO2S/c1-2-18-15(17)13-7-10-4-3-9-5-6-11(16)8-12(9)14(10)19-13/h5-8H,2-4H2,1H3. The van der Waals surface area contributed by atoms with E-state index in [1.54, 1.807) is 13.0 Å². The third-order valence-corrected chi connectivity index (χ3v) is 4.46. The van der Waals surface area contributed by atoms with Gasteiger partial charge in [-0.05, 0) is 54.7 Å². The van der Waals surface area contributed by atoms with E-state index in [-0.39, 0.29) is 11.8 Å². The van der Waals surface area contributed by atoms with Crippen molar-refractivity contribution in [3.05, 3.63) is 46.1 Å². The van der Waals surface area contributed by atoms with E-state index in [0.717, 1.165) is 34.4 Å². The summed E-state index contributed by atoms with van der Waals surface area (Å²) in [6, 6.07) is 6.76. The van der Waals surface area contributed by atoms with Gasteiger partial charge in [0.1, 0.15) is 10.7 Å². The maximum Gasteiger partial charge on any atom is 0.348 e. The summed E-state index contributed by atoms with van der Waals surface area (Å²) in [6.45, 7) is 2.16. The summed E-state index contributed by atoms with van der Waals surface area (Å²) >= 11 is 1.39. The highest BCUT2D eigenvalue weighted by Gasteiger charge is 2.22. The molecular weight excluding hydrogens is 263 g/mol. The van der Waals surface area contributed by atoms with Gasteiger partial charge in [-0.1, -0.05) is 6.07 Å². The van der Waals surface area contributed by atoms with Gasteiger partial charge in [0.25, 0.3) is 0 Å². The number of benzene rings is 1. The molecule has 1 aromatic carbocycles. The summed E-state index contributed by atoms with van der Waals surface area (Å²) in [5, 5.41) is 0. The molecule has 1 aliphatic carbocycles. The van der Waals surface area contributed by atoms with Crippen molar-refractivity contribution in [1.29, 1.82) is 0 Å². The fourth-order valence-electron chi connectivity index (χ4n) is 2.39. The Morgan fingerprint density at radius 1 is 1.32 bits per heavy atom. The van der Waals surface area contributed by atoms with Gasteiger partial charge in [0.05, 0.1) is 6.61 Å². The Morgan fingerprint density at radius 2 is 2.11 bits per heavy atom. The van der Waals surface area contributed by atoms with E-state index < -0.39 is 0 Å². The molecule has 0 fully saturated rings. The van der Waals surface area contributed by atoms with E-state index in [0.29, 0.717) is 11.5 Å². The molecule has 0 atom stereocenters. The molecule has 0 unspecified atom stereocenters. The number of esters is 1. The molecule has 0 saturated carbocycles. The lowest BCUT2D eigenvalue weighted by atomic mass is 9.91. The van der Waals surface area contributed by atoms with Crippen molar-refractivity contribution in [3.8, 4) is 10.4 Å². The van der Waals surface area contributed by atoms with Crippen LogP contribution in [0.5, 0.6) is 0 Å². The Bertz CT molecular complexity index is 646. The minimum absolute atomic E-state index is 0.238. The zero-order chi connectivity index (χ0) is 13.4. The number of thiophene rings is 1. The molecule has 0 N–H and O–H groups in total. The number of aryl methyl sites for hydroxylation is 2. The molecule has 19 heavy (non-hydrogen) atoms. The summed E-state index contributed by atoms with van der Waals surface area (Å²) in [7, 11) is 0. The third kappa shape index (κ3) is 2.16. The monoisotopic (exact) mass is 276 g/mol. The van der Waals surface area contributed by atoms with Gasteiger partial charge in [0.15, 0.2) is 0 Å². The van der Waals surface area contributed by atoms with Crippen LogP contribution in [0.1, 0.15) is 27.7 Å². The quantitative estimate of drug-likeness (QED) is 0.779. The first-order valence-corrected chi connectivity index (χ1v) is 7.09. The van der Waals surface area contributed by atoms with Crippen molar-refractivity contribution in [1.82, 2.24) is 0 Å². The van der Waals surface area contributed by atoms with E-state index >= 15 is 0 Å². The summed E-state index contributed by atoms with van der Waals surface area (Å²) in [5.41, 5.74) is 3.18. The van der Waals surface area contributed by atoms with Crippen molar-refractivity contribution in [2.45, 2.75) is 19.8 Å². The van der Waals surface area contributed by atoms with Crippen LogP contribution in [0.4, 0.5) is 4.39 Å². The lowest BCUT2D eigenvalue weighted by Crippen LogP contribution is -2.02. The molecule has 0 saturated heterocycles. The molecule has 0 amide bonds. The Hall–Kier alpha value is -1.68. The lowest BCUT2D eigenvalue weighted by molar-refractivity contribution is 0.0532. The van der Waals surface area contributed by atoms with Crippen LogP contribution in [0.3, 0.4) is 0 Å². The predicted octanol–water partition coefficient (Wildman–Crippen LogP) is 3.83. The number of hydrogen-bond donors (Lipinski definition) is 0. The van der Waals surface area contributed by atoms with Crippen LogP contribution in [-0.2, 0) is 17.6 Å². The number of carbonyl (C=O) groups is 1. The normalized spacial score (nSPS) is 12.7. The second kappa shape index (κ2) is 4.78. The van der Waals surface area contributed by atoms with E-state index in [1.165, 1.54) is 17.4 Å². The van der Waals surface area contributed by atoms with Crippen molar-refractivity contribution in [2.24, 2.45) is 0 Å². The fraction of sp³-hybridized carbons (Fsp3) is 0.267. The molecule has 98 valence electrons. The van der Waals surface area contributed by atoms with Crippen LogP contribution in [-0.4, -0.2) is 12.6 Å². The van der Waals surface area contributed by atoms with Gasteiger partial charge in [-0.3, -0.25) is 0 Å². The first kappa shape index (κ1) is 12.4. The molecule has 4 heteroatoms. The highest BCUT2D eigenvalue weighted by molar-refractivity contribution is 7.17. The molecular formula is C15H13FO2S. The van der Waals surface area contributed by atoms with E-state index in [9.17, 15) is 9.18 Å². The molecule has 2 aromatic rings. The van der Waals surface area contributed by atoms with Gasteiger partial charge in [-0.15, -0.1) is 11.3 Å². The second-order valence-corrected chi connectivity index (χ2v) is 5.54. The topological polar surface area (TPSA) is 26.3 Å². The average molecular weight is 276 g/mol. The molecule has 0 aliphatic heterocycles. The average Bonchev–Trinajstić information content (AvgIpc) is 2.83. The van der Waals surface area contributed by atoms with Crippen LogP contribution >= 0.6 is 11.3 Å². The Morgan fingerprint density at radius 3 is 2.89 bits per heavy atom. The van der Waals surface area contributed by atoms with Crippen LogP contribution in [0.25, 0.3) is 10.4 Å². The molecule has 1 heterocycles. The zero-order valence-corrected chi connectivity index (χ0v) is 11.3. The summed E-state index contributed by atoms with van der Waals surface area (Å²) in [6.07, 6.45) is 1.78. The maximum absolute atomic E-state index is 13.4. The molecule has 0 radical (unpaired) electrons. The minimum Gasteiger partial charge on any atom is -0.462 e. The number of rotatable bonds is 2. The maximum atomic E-state index is 13.4. The van der Waals surface area contributed by atoms with Crippen molar-refractivity contribution >= 4 is 17.3 Å². The Balaban J connectivity index is 2.06. The van der Waals surface area contributed by atoms with E-state index in [2.05, 4.69) is 0 Å². The van der Waals surface area contributed by atoms with E-state index in [1.807, 2.05) is 12.1 Å². The summed E-state index contributed by atoms with van der Waals surface area (Å²) < 4.78 is 18.4. The Kier molecular flexibility index (Phi) is 3.11. The highest BCUT2D eigenvalue weighted by Crippen LogP contribution is 2.40. The Labute approximate surface area is 114 Å². The van der Waals surface area contributed by atoms with Crippen LogP contribution in [0, 0.1) is 5.82 Å². The van der Waals surface area contributed by atoms with Gasteiger partial charge >= 0.3 is 5.97 Å². The molecule has 2 nitrogen and oxygen atoms in total. The van der Waals surface area contributed by atoms with Gasteiger partial charge in [-0.2, -0.15) is 0 Å². The van der Waals surface area contributed by atoms with Crippen molar-refractivity contribution < 1.29 is 13.9 Å². The molecule has 0 spiro atoms. The fourth-order valence-corrected chi connectivity index (χ4v) is 3.55. The van der Waals surface area contributed by atoms with Gasteiger partial charge in [0, 0.05) is 4.88 Å². The predicted molar refractivity (Wildman–Crippen MR) is 73.1 cm³/mol. The third-order valence-electron chi connectivity index (χ3n) is 3.27. The minimum atomic E-state index is -0.292. The molecule has 1 aromatic heterocycles. The lowest BCUT2D eigenvalue weighted by Gasteiger charge is -2.15. The van der Waals surface area contributed by atoms with Gasteiger partial charge < -0.3 is 4.74 Å². The SMILES string of the molecule is CCOC(=O)c1cc2c(s1)-c1cc(F)ccc1CC2. The smallest absolute Gasteiger partial charge is 0.348 e. The first-order chi connectivity index (χ1) is 9.19. The van der Waals surface area contributed by atoms with Crippen LogP contribution < -0.4 is 0 Å². The summed E-state index contributed by atoms with van der Waals surface area (Å²) in [5.74, 6) is -0.530. The van der Waals surface area contributed by atoms with E-state index in [4.69, 9.17) is 4.74 Å². The number of ether oxygens (including phenoxy) is 1. The van der Waals surface area contributed by atoms with Crippen molar-refractivity contribution in [2.75, 3.05) is 6.61 Å². The number of hydrogen-bond acceptors (Lipinski definition) is 3. The number of halogens is 1. The zero-order valence-electron chi connectivity index (χ0n) is 10.5. The number of carbonyl (C=O) groups excluding carboxylic acids is 1. The van der Waals surface area contributed by atoms with Crippen LogP contribution in [0.2, 0.25) is 0 Å². The molecule has 0 bridgehead atoms. The van der Waals surface area contributed by atoms with Crippen molar-refractivity contribution in [3.63, 3.8) is 0 Å². The van der Waals surface area contributed by atoms with Gasteiger partial charge in [0.2, 0.25) is 0 Å². The number of fused-ring (bicyclic) bond motifs is 3. The molecule has 1 aliphatic rings. The molecule has 3 rings (SSSR count).